The Balaban J connectivity index is 2.15. The molecule has 0 aliphatic rings. The van der Waals surface area contributed by atoms with Crippen LogP contribution in [0.25, 0.3) is 6.08 Å². The Morgan fingerprint density at radius 1 is 1.00 bits per heavy atom. The number of rotatable bonds is 5. The quantitative estimate of drug-likeness (QED) is 0.338. The van der Waals surface area contributed by atoms with Crippen LogP contribution in [-0.2, 0) is 9.53 Å². The summed E-state index contributed by atoms with van der Waals surface area (Å²) in [5.41, 5.74) is 1.73. The molecule has 0 bridgehead atoms. The van der Waals surface area contributed by atoms with Gasteiger partial charge in [0.1, 0.15) is 0 Å². The number of hydrogen-bond donors (Lipinski definition) is 0. The molecule has 0 spiro atoms. The largest absolute Gasteiger partial charge is 0.386 e. The van der Waals surface area contributed by atoms with Crippen molar-refractivity contribution in [2.75, 3.05) is 6.26 Å². The lowest BCUT2D eigenvalue weighted by Gasteiger charge is -2.10. The molecule has 0 atom stereocenters. The van der Waals surface area contributed by atoms with Crippen LogP contribution >= 0.6 is 11.8 Å². The SMILES string of the molecule is CSc1ccc(C(=O)OC(=O)C(=Cc2ccccc2)C(C)C)cc1. The van der Waals surface area contributed by atoms with Crippen LogP contribution in [0, 0.1) is 5.92 Å². The Morgan fingerprint density at radius 3 is 2.17 bits per heavy atom. The van der Waals surface area contributed by atoms with E-state index in [0.717, 1.165) is 10.5 Å². The number of hydrogen-bond acceptors (Lipinski definition) is 4. The highest BCUT2D eigenvalue weighted by Gasteiger charge is 2.19. The molecule has 0 heterocycles. The van der Waals surface area contributed by atoms with Crippen molar-refractivity contribution in [1.82, 2.24) is 0 Å². The van der Waals surface area contributed by atoms with Gasteiger partial charge in [-0.2, -0.15) is 0 Å². The predicted octanol–water partition coefficient (Wildman–Crippen LogP) is 4.83. The first-order valence-corrected chi connectivity index (χ1v) is 8.91. The average Bonchev–Trinajstić information content (AvgIpc) is 2.60. The molecule has 4 heteroatoms. The molecule has 2 rings (SSSR count). The molecule has 2 aromatic carbocycles. The maximum absolute atomic E-state index is 12.4. The molecule has 124 valence electrons. The number of carbonyl (C=O) groups excluding carboxylic acids is 2. The van der Waals surface area contributed by atoms with Crippen molar-refractivity contribution < 1.29 is 14.3 Å². The van der Waals surface area contributed by atoms with Crippen LogP contribution in [0.15, 0.2) is 65.1 Å². The van der Waals surface area contributed by atoms with Crippen molar-refractivity contribution in [1.29, 1.82) is 0 Å². The average molecular weight is 340 g/mol. The Bertz CT molecular complexity index is 731. The van der Waals surface area contributed by atoms with Gasteiger partial charge >= 0.3 is 11.9 Å². The number of carbonyl (C=O) groups is 2. The Kier molecular flexibility index (Phi) is 6.38. The molecule has 0 fully saturated rings. The zero-order chi connectivity index (χ0) is 17.5. The summed E-state index contributed by atoms with van der Waals surface area (Å²) in [4.78, 5) is 25.6. The lowest BCUT2D eigenvalue weighted by Crippen LogP contribution is -2.17. The first-order valence-electron chi connectivity index (χ1n) is 7.68. The lowest BCUT2D eigenvalue weighted by atomic mass is 10.0. The van der Waals surface area contributed by atoms with Gasteiger partial charge in [0.2, 0.25) is 0 Å². The van der Waals surface area contributed by atoms with E-state index in [-0.39, 0.29) is 5.92 Å². The van der Waals surface area contributed by atoms with E-state index in [9.17, 15) is 9.59 Å². The molecule has 0 amide bonds. The molecule has 3 nitrogen and oxygen atoms in total. The molecule has 0 aromatic heterocycles. The molecule has 2 aromatic rings. The Hall–Kier alpha value is -2.33. The standard InChI is InChI=1S/C20H20O3S/c1-14(2)18(13-15-7-5-4-6-8-15)20(22)23-19(21)16-9-11-17(24-3)12-10-16/h4-14H,1-3H3. The van der Waals surface area contributed by atoms with Gasteiger partial charge in [0.05, 0.1) is 5.56 Å². The van der Waals surface area contributed by atoms with E-state index in [0.29, 0.717) is 11.1 Å². The number of thioether (sulfide) groups is 1. The molecule has 0 unspecified atom stereocenters. The summed E-state index contributed by atoms with van der Waals surface area (Å²) in [6.45, 7) is 3.79. The van der Waals surface area contributed by atoms with E-state index in [1.165, 1.54) is 0 Å². The number of benzene rings is 2. The highest BCUT2D eigenvalue weighted by Crippen LogP contribution is 2.19. The van der Waals surface area contributed by atoms with Gasteiger partial charge in [-0.15, -0.1) is 11.8 Å². The van der Waals surface area contributed by atoms with Gasteiger partial charge in [-0.25, -0.2) is 9.59 Å². The third-order valence-electron chi connectivity index (χ3n) is 3.49. The van der Waals surface area contributed by atoms with Crippen LogP contribution in [-0.4, -0.2) is 18.2 Å². The molecular formula is C20H20O3S. The van der Waals surface area contributed by atoms with Gasteiger partial charge in [0.25, 0.3) is 0 Å². The van der Waals surface area contributed by atoms with Gasteiger partial charge in [0, 0.05) is 10.5 Å². The van der Waals surface area contributed by atoms with E-state index in [1.807, 2.05) is 62.6 Å². The van der Waals surface area contributed by atoms with E-state index in [2.05, 4.69) is 0 Å². The fraction of sp³-hybridized carbons (Fsp3) is 0.200. The van der Waals surface area contributed by atoms with Crippen LogP contribution in [0.2, 0.25) is 0 Å². The van der Waals surface area contributed by atoms with Crippen molar-refractivity contribution in [2.24, 2.45) is 5.92 Å². The van der Waals surface area contributed by atoms with Gasteiger partial charge in [-0.05, 0) is 48.1 Å². The van der Waals surface area contributed by atoms with Crippen molar-refractivity contribution in [2.45, 2.75) is 18.7 Å². The zero-order valence-corrected chi connectivity index (χ0v) is 14.8. The van der Waals surface area contributed by atoms with Crippen molar-refractivity contribution in [3.8, 4) is 0 Å². The molecule has 0 saturated heterocycles. The van der Waals surface area contributed by atoms with E-state index in [4.69, 9.17) is 4.74 Å². The molecule has 0 N–H and O–H groups in total. The summed E-state index contributed by atoms with van der Waals surface area (Å²) in [6, 6.07) is 16.5. The Labute approximate surface area is 146 Å². The number of ether oxygens (including phenoxy) is 1. The minimum Gasteiger partial charge on any atom is -0.386 e. The van der Waals surface area contributed by atoms with Crippen LogP contribution < -0.4 is 0 Å². The van der Waals surface area contributed by atoms with E-state index in [1.54, 1.807) is 30.0 Å². The summed E-state index contributed by atoms with van der Waals surface area (Å²) in [7, 11) is 0. The van der Waals surface area contributed by atoms with Crippen molar-refractivity contribution in [3.63, 3.8) is 0 Å². The molecule has 0 aliphatic heterocycles. The lowest BCUT2D eigenvalue weighted by molar-refractivity contribution is -0.134. The normalized spacial score (nSPS) is 11.4. The maximum Gasteiger partial charge on any atom is 0.346 e. The fourth-order valence-corrected chi connectivity index (χ4v) is 2.53. The predicted molar refractivity (Wildman–Crippen MR) is 97.9 cm³/mol. The van der Waals surface area contributed by atoms with Gasteiger partial charge < -0.3 is 4.74 Å². The summed E-state index contributed by atoms with van der Waals surface area (Å²) < 4.78 is 5.05. The van der Waals surface area contributed by atoms with Crippen LogP contribution in [0.3, 0.4) is 0 Å². The summed E-state index contributed by atoms with van der Waals surface area (Å²) in [5.74, 6) is -1.29. The third kappa shape index (κ3) is 4.83. The van der Waals surface area contributed by atoms with Crippen LogP contribution in [0.4, 0.5) is 0 Å². The molecule has 0 radical (unpaired) electrons. The van der Waals surface area contributed by atoms with Crippen LogP contribution in [0.1, 0.15) is 29.8 Å². The molecule has 0 aliphatic carbocycles. The van der Waals surface area contributed by atoms with Gasteiger partial charge in [0.15, 0.2) is 0 Å². The van der Waals surface area contributed by atoms with Crippen LogP contribution in [0.5, 0.6) is 0 Å². The maximum atomic E-state index is 12.4. The minimum absolute atomic E-state index is 0.0515. The first kappa shape index (κ1) is 18.0. The third-order valence-corrected chi connectivity index (χ3v) is 4.23. The summed E-state index contributed by atoms with van der Waals surface area (Å²) in [5, 5.41) is 0. The highest BCUT2D eigenvalue weighted by atomic mass is 32.2. The van der Waals surface area contributed by atoms with Gasteiger partial charge in [-0.1, -0.05) is 44.2 Å². The first-order chi connectivity index (χ1) is 11.5. The smallest absolute Gasteiger partial charge is 0.346 e. The second-order valence-electron chi connectivity index (χ2n) is 5.57. The second kappa shape index (κ2) is 8.50. The van der Waals surface area contributed by atoms with Crippen molar-refractivity contribution >= 4 is 29.8 Å². The fourth-order valence-electron chi connectivity index (χ4n) is 2.12. The Morgan fingerprint density at radius 2 is 1.62 bits per heavy atom. The molecular weight excluding hydrogens is 320 g/mol. The second-order valence-corrected chi connectivity index (χ2v) is 6.45. The molecule has 24 heavy (non-hydrogen) atoms. The van der Waals surface area contributed by atoms with E-state index >= 15 is 0 Å². The minimum atomic E-state index is -0.632. The number of esters is 2. The zero-order valence-electron chi connectivity index (χ0n) is 14.0. The summed E-state index contributed by atoms with van der Waals surface area (Å²) in [6.07, 6.45) is 3.72. The molecule has 0 saturated carbocycles. The summed E-state index contributed by atoms with van der Waals surface area (Å²) >= 11 is 1.58. The van der Waals surface area contributed by atoms with Crippen molar-refractivity contribution in [3.05, 3.63) is 71.3 Å². The monoisotopic (exact) mass is 340 g/mol. The highest BCUT2D eigenvalue weighted by molar-refractivity contribution is 7.98. The topological polar surface area (TPSA) is 43.4 Å². The van der Waals surface area contributed by atoms with E-state index < -0.39 is 11.9 Å². The van der Waals surface area contributed by atoms with Gasteiger partial charge in [-0.3, -0.25) is 0 Å².